The molecule has 216 valence electrons. The van der Waals surface area contributed by atoms with Gasteiger partial charge in [0, 0.05) is 61.1 Å². The first-order valence-electron chi connectivity index (χ1n) is 14.8. The number of aryl methyl sites for hydroxylation is 1. The number of nitrogens with one attached hydrogen (secondary N) is 1. The van der Waals surface area contributed by atoms with Gasteiger partial charge in [-0.25, -0.2) is 19.9 Å². The van der Waals surface area contributed by atoms with Crippen molar-refractivity contribution in [2.75, 3.05) is 44.3 Å². The molecule has 9 nitrogen and oxygen atoms in total. The van der Waals surface area contributed by atoms with Gasteiger partial charge in [-0.3, -0.25) is 4.90 Å². The number of aromatic nitrogens is 5. The average Bonchev–Trinajstić information content (AvgIpc) is 3.39. The van der Waals surface area contributed by atoms with Gasteiger partial charge in [-0.1, -0.05) is 29.8 Å². The third-order valence-corrected chi connectivity index (χ3v) is 9.37. The number of benzene rings is 2. The van der Waals surface area contributed by atoms with Crippen molar-refractivity contribution in [1.29, 1.82) is 0 Å². The summed E-state index contributed by atoms with van der Waals surface area (Å²) in [4.78, 5) is 23.5. The molecule has 1 saturated heterocycles. The van der Waals surface area contributed by atoms with E-state index >= 15 is 0 Å². The molecule has 42 heavy (non-hydrogen) atoms. The number of hydrogen-bond donors (Lipinski definition) is 2. The van der Waals surface area contributed by atoms with Crippen LogP contribution in [0.2, 0.25) is 5.02 Å². The van der Waals surface area contributed by atoms with E-state index in [1.54, 1.807) is 6.33 Å². The summed E-state index contributed by atoms with van der Waals surface area (Å²) in [6.07, 6.45) is 8.53. The predicted molar refractivity (Wildman–Crippen MR) is 170 cm³/mol. The maximum Gasteiger partial charge on any atom is 0.228 e. The van der Waals surface area contributed by atoms with E-state index in [-0.39, 0.29) is 0 Å². The first-order valence-corrected chi connectivity index (χ1v) is 15.2. The van der Waals surface area contributed by atoms with Crippen molar-refractivity contribution in [2.24, 2.45) is 0 Å². The Hall–Kier alpha value is -3.79. The van der Waals surface area contributed by atoms with Gasteiger partial charge < -0.3 is 20.5 Å². The van der Waals surface area contributed by atoms with Gasteiger partial charge in [0.05, 0.1) is 21.6 Å². The third-order valence-electron chi connectivity index (χ3n) is 9.06. The van der Waals surface area contributed by atoms with Gasteiger partial charge in [-0.15, -0.1) is 0 Å². The van der Waals surface area contributed by atoms with Crippen LogP contribution in [0.25, 0.3) is 33.1 Å². The second kappa shape index (κ2) is 11.1. The highest BCUT2D eigenvalue weighted by atomic mass is 35.5. The zero-order valence-corrected chi connectivity index (χ0v) is 24.8. The van der Waals surface area contributed by atoms with Gasteiger partial charge in [0.2, 0.25) is 5.95 Å². The van der Waals surface area contributed by atoms with Crippen LogP contribution in [0.5, 0.6) is 0 Å². The fourth-order valence-corrected chi connectivity index (χ4v) is 7.04. The minimum Gasteiger partial charge on any atom is -0.383 e. The minimum atomic E-state index is 0.405. The molecule has 0 radical (unpaired) electrons. The van der Waals surface area contributed by atoms with Crippen LogP contribution < -0.4 is 11.1 Å². The molecular weight excluding hydrogens is 546 g/mol. The highest BCUT2D eigenvalue weighted by molar-refractivity contribution is 6.35. The van der Waals surface area contributed by atoms with Gasteiger partial charge in [0.1, 0.15) is 17.8 Å². The summed E-state index contributed by atoms with van der Waals surface area (Å²) in [7, 11) is 2.22. The number of piperazine rings is 1. The molecule has 4 heterocycles. The average molecular weight is 582 g/mol. The van der Waals surface area contributed by atoms with E-state index in [2.05, 4.69) is 60.0 Å². The van der Waals surface area contributed by atoms with Crippen LogP contribution >= 0.6 is 11.6 Å². The summed E-state index contributed by atoms with van der Waals surface area (Å²) in [5.74, 6) is 1.05. The summed E-state index contributed by atoms with van der Waals surface area (Å²) < 4.78 is 2.35. The van der Waals surface area contributed by atoms with E-state index in [4.69, 9.17) is 22.3 Å². The molecule has 0 bridgehead atoms. The van der Waals surface area contributed by atoms with Crippen molar-refractivity contribution in [2.45, 2.75) is 44.7 Å². The summed E-state index contributed by atoms with van der Waals surface area (Å²) in [6, 6.07) is 15.1. The lowest BCUT2D eigenvalue weighted by Gasteiger charge is -2.41. The summed E-state index contributed by atoms with van der Waals surface area (Å²) >= 11 is 6.37. The quantitative estimate of drug-likeness (QED) is 0.258. The Bertz CT molecular complexity index is 1730. The zero-order valence-electron chi connectivity index (χ0n) is 24.1. The fraction of sp³-hybridized carbons (Fsp3) is 0.375. The summed E-state index contributed by atoms with van der Waals surface area (Å²) in [5.41, 5.74) is 12.1. The maximum atomic E-state index is 6.46. The lowest BCUT2D eigenvalue weighted by molar-refractivity contribution is 0.0828. The van der Waals surface area contributed by atoms with Crippen molar-refractivity contribution in [3.05, 3.63) is 65.7 Å². The largest absolute Gasteiger partial charge is 0.383 e. The van der Waals surface area contributed by atoms with E-state index in [9.17, 15) is 0 Å². The lowest BCUT2D eigenvalue weighted by Crippen LogP contribution is -2.49. The SMILES string of the molecule is Cc1nc(Nc2ccc(-c3cn([C@H]4CC[C@H](N5CCN(C)CC5)CC4)c4ncnc(N)c34)cc2)nc2cccc(Cl)c12. The first-order chi connectivity index (χ1) is 20.4. The Kier molecular flexibility index (Phi) is 7.17. The van der Waals surface area contributed by atoms with Crippen LogP contribution in [0.4, 0.5) is 17.5 Å². The van der Waals surface area contributed by atoms with Crippen LogP contribution in [0.1, 0.15) is 37.4 Å². The predicted octanol–water partition coefficient (Wildman–Crippen LogP) is 6.06. The number of nitrogens with two attached hydrogens (primary N) is 1. The number of halogens is 1. The fourth-order valence-electron chi connectivity index (χ4n) is 6.73. The molecule has 3 N–H and O–H groups in total. The minimum absolute atomic E-state index is 0.405. The first kappa shape index (κ1) is 27.1. The summed E-state index contributed by atoms with van der Waals surface area (Å²) in [6.45, 7) is 6.64. The van der Waals surface area contributed by atoms with Crippen molar-refractivity contribution in [1.82, 2.24) is 34.3 Å². The molecule has 1 aliphatic carbocycles. The number of anilines is 3. The topological polar surface area (TPSA) is 101 Å². The number of hydrogen-bond acceptors (Lipinski definition) is 8. The Morgan fingerprint density at radius 1 is 0.881 bits per heavy atom. The molecule has 0 amide bonds. The molecular formula is C32H36ClN9. The van der Waals surface area contributed by atoms with E-state index in [1.807, 2.05) is 37.3 Å². The molecule has 0 atom stereocenters. The second-order valence-electron chi connectivity index (χ2n) is 11.7. The number of nitrogen functional groups attached to an aromatic ring is 1. The number of fused-ring (bicyclic) bond motifs is 2. The number of rotatable bonds is 5. The van der Waals surface area contributed by atoms with Gasteiger partial charge in [0.15, 0.2) is 0 Å². The van der Waals surface area contributed by atoms with Gasteiger partial charge in [0.25, 0.3) is 0 Å². The van der Waals surface area contributed by atoms with E-state index in [1.165, 1.54) is 39.0 Å². The van der Waals surface area contributed by atoms with Crippen molar-refractivity contribution in [3.63, 3.8) is 0 Å². The molecule has 0 unspecified atom stereocenters. The molecule has 5 aromatic rings. The van der Waals surface area contributed by atoms with Gasteiger partial charge in [-0.05, 0) is 69.5 Å². The Morgan fingerprint density at radius 3 is 2.38 bits per heavy atom. The standard InChI is InChI=1S/C32H36ClN9/c1-20-28-26(33)4-3-5-27(28)39-32(37-20)38-22-8-6-21(7-9-22)25-18-42(31-29(25)30(34)35-19-36-31)24-12-10-23(11-13-24)41-16-14-40(2)15-17-41/h3-9,18-19,23-24H,10-17H2,1-2H3,(H2,34,35,36)(H,37,38,39)/t23-,24-. The van der Waals surface area contributed by atoms with Crippen LogP contribution in [0, 0.1) is 6.92 Å². The lowest BCUT2D eigenvalue weighted by atomic mass is 9.89. The van der Waals surface area contributed by atoms with Crippen LogP contribution in [0.3, 0.4) is 0 Å². The van der Waals surface area contributed by atoms with E-state index in [0.717, 1.165) is 57.3 Å². The van der Waals surface area contributed by atoms with Crippen molar-refractivity contribution >= 4 is 51.0 Å². The molecule has 2 fully saturated rings. The Balaban J connectivity index is 1.13. The molecule has 7 rings (SSSR count). The molecule has 1 saturated carbocycles. The molecule has 1 aliphatic heterocycles. The Morgan fingerprint density at radius 2 is 1.62 bits per heavy atom. The smallest absolute Gasteiger partial charge is 0.228 e. The highest BCUT2D eigenvalue weighted by Crippen LogP contribution is 2.39. The molecule has 10 heteroatoms. The summed E-state index contributed by atoms with van der Waals surface area (Å²) in [5, 5.41) is 5.81. The van der Waals surface area contributed by atoms with Crippen LogP contribution in [0.15, 0.2) is 55.0 Å². The van der Waals surface area contributed by atoms with E-state index in [0.29, 0.717) is 28.9 Å². The maximum absolute atomic E-state index is 6.46. The monoisotopic (exact) mass is 581 g/mol. The Labute approximate surface area is 250 Å². The molecule has 0 spiro atoms. The zero-order chi connectivity index (χ0) is 28.8. The van der Waals surface area contributed by atoms with Crippen molar-refractivity contribution < 1.29 is 0 Å². The number of likely N-dealkylation sites (N-methyl/N-ethyl adjacent to an activating group) is 1. The normalized spacial score (nSPS) is 20.4. The van der Waals surface area contributed by atoms with Crippen molar-refractivity contribution in [3.8, 4) is 11.1 Å². The number of nitrogens with zero attached hydrogens (tertiary/aromatic N) is 7. The highest BCUT2D eigenvalue weighted by Gasteiger charge is 2.30. The molecule has 3 aromatic heterocycles. The van der Waals surface area contributed by atoms with Crippen LogP contribution in [-0.4, -0.2) is 73.6 Å². The second-order valence-corrected chi connectivity index (χ2v) is 12.1. The third kappa shape index (κ3) is 5.06. The van der Waals surface area contributed by atoms with Gasteiger partial charge >= 0.3 is 0 Å². The van der Waals surface area contributed by atoms with Gasteiger partial charge in [-0.2, -0.15) is 0 Å². The molecule has 2 aliphatic rings. The van der Waals surface area contributed by atoms with Crippen LogP contribution in [-0.2, 0) is 0 Å². The van der Waals surface area contributed by atoms with E-state index < -0.39 is 0 Å². The molecule has 2 aromatic carbocycles.